The first-order valence-electron chi connectivity index (χ1n) is 9.74. The molecule has 4 rings (SSSR count). The number of anilines is 3. The second-order valence-electron chi connectivity index (χ2n) is 7.96. The maximum atomic E-state index is 11.2. The van der Waals surface area contributed by atoms with Crippen molar-refractivity contribution in [3.8, 4) is 0 Å². The highest BCUT2D eigenvalue weighted by molar-refractivity contribution is 5.70. The first-order chi connectivity index (χ1) is 13.8. The van der Waals surface area contributed by atoms with E-state index in [2.05, 4.69) is 20.3 Å². The lowest BCUT2D eigenvalue weighted by Crippen LogP contribution is -2.37. The molecule has 3 aromatic rings. The van der Waals surface area contributed by atoms with Crippen molar-refractivity contribution in [3.63, 3.8) is 0 Å². The van der Waals surface area contributed by atoms with Gasteiger partial charge in [0.2, 0.25) is 0 Å². The molecule has 3 N–H and O–H groups in total. The molecule has 152 valence electrons. The zero-order valence-corrected chi connectivity index (χ0v) is 16.5. The number of carboxylic acids is 1. The van der Waals surface area contributed by atoms with Crippen LogP contribution >= 0.6 is 0 Å². The van der Waals surface area contributed by atoms with Gasteiger partial charge in [-0.2, -0.15) is 9.61 Å². The Hall–Kier alpha value is -3.13. The SMILES string of the molecule is CC(C)(O)c1ccc(Nc2cc(N3CCC(C(=O)O)CC3)n3nccc3n2)cc1. The molecule has 0 saturated carbocycles. The van der Waals surface area contributed by atoms with Crippen LogP contribution in [0.15, 0.2) is 42.6 Å². The van der Waals surface area contributed by atoms with Crippen LogP contribution in [0.1, 0.15) is 32.3 Å². The Bertz CT molecular complexity index is 1010. The monoisotopic (exact) mass is 395 g/mol. The number of aromatic nitrogens is 3. The third kappa shape index (κ3) is 4.02. The maximum absolute atomic E-state index is 11.2. The number of nitrogens with one attached hydrogen (secondary N) is 1. The number of hydrogen-bond acceptors (Lipinski definition) is 6. The summed E-state index contributed by atoms with van der Waals surface area (Å²) in [5.74, 6) is 0.567. The van der Waals surface area contributed by atoms with E-state index in [1.807, 2.05) is 36.4 Å². The maximum Gasteiger partial charge on any atom is 0.306 e. The van der Waals surface area contributed by atoms with Crippen molar-refractivity contribution in [1.29, 1.82) is 0 Å². The summed E-state index contributed by atoms with van der Waals surface area (Å²) in [4.78, 5) is 18.0. The number of carboxylic acid groups (broad SMARTS) is 1. The average molecular weight is 395 g/mol. The fourth-order valence-electron chi connectivity index (χ4n) is 3.65. The van der Waals surface area contributed by atoms with Crippen molar-refractivity contribution in [2.24, 2.45) is 5.92 Å². The molecule has 2 aromatic heterocycles. The number of carbonyl (C=O) groups is 1. The van der Waals surface area contributed by atoms with Crippen molar-refractivity contribution in [2.45, 2.75) is 32.3 Å². The predicted octanol–water partition coefficient (Wildman–Crippen LogP) is 3.00. The number of benzene rings is 1. The van der Waals surface area contributed by atoms with Crippen molar-refractivity contribution >= 4 is 28.9 Å². The molecular formula is C21H25N5O3. The minimum absolute atomic E-state index is 0.284. The average Bonchev–Trinajstić information content (AvgIpc) is 3.16. The van der Waals surface area contributed by atoms with Gasteiger partial charge in [0.25, 0.3) is 0 Å². The van der Waals surface area contributed by atoms with Gasteiger partial charge in [-0.15, -0.1) is 0 Å². The third-order valence-corrected chi connectivity index (χ3v) is 5.37. The Kier molecular flexibility index (Phi) is 4.87. The lowest BCUT2D eigenvalue weighted by molar-refractivity contribution is -0.142. The van der Waals surface area contributed by atoms with Crippen LogP contribution in [0.4, 0.5) is 17.3 Å². The number of rotatable bonds is 5. The van der Waals surface area contributed by atoms with Crippen LogP contribution in [0.2, 0.25) is 0 Å². The van der Waals surface area contributed by atoms with Gasteiger partial charge in [-0.25, -0.2) is 4.98 Å². The second kappa shape index (κ2) is 7.36. The van der Waals surface area contributed by atoms with Gasteiger partial charge in [-0.3, -0.25) is 4.79 Å². The highest BCUT2D eigenvalue weighted by Gasteiger charge is 2.26. The van der Waals surface area contributed by atoms with Gasteiger partial charge < -0.3 is 20.4 Å². The van der Waals surface area contributed by atoms with Crippen molar-refractivity contribution in [3.05, 3.63) is 48.2 Å². The Morgan fingerprint density at radius 2 is 1.86 bits per heavy atom. The van der Waals surface area contributed by atoms with E-state index in [4.69, 9.17) is 0 Å². The summed E-state index contributed by atoms with van der Waals surface area (Å²) in [7, 11) is 0. The summed E-state index contributed by atoms with van der Waals surface area (Å²) < 4.78 is 1.78. The van der Waals surface area contributed by atoms with E-state index < -0.39 is 11.6 Å². The first kappa shape index (κ1) is 19.2. The van der Waals surface area contributed by atoms with Crippen LogP contribution in [-0.2, 0) is 10.4 Å². The van der Waals surface area contributed by atoms with Crippen LogP contribution in [0.25, 0.3) is 5.65 Å². The van der Waals surface area contributed by atoms with Gasteiger partial charge in [0, 0.05) is 30.9 Å². The minimum Gasteiger partial charge on any atom is -0.481 e. The van der Waals surface area contributed by atoms with Crippen molar-refractivity contribution in [1.82, 2.24) is 14.6 Å². The van der Waals surface area contributed by atoms with Crippen LogP contribution in [-0.4, -0.2) is 43.9 Å². The van der Waals surface area contributed by atoms with Gasteiger partial charge in [0.1, 0.15) is 11.6 Å². The zero-order chi connectivity index (χ0) is 20.6. The summed E-state index contributed by atoms with van der Waals surface area (Å²) >= 11 is 0. The Morgan fingerprint density at radius 3 is 2.48 bits per heavy atom. The van der Waals surface area contributed by atoms with E-state index in [1.54, 1.807) is 24.6 Å². The molecule has 1 aliphatic rings. The number of aliphatic carboxylic acids is 1. The Morgan fingerprint density at radius 1 is 1.17 bits per heavy atom. The summed E-state index contributed by atoms with van der Waals surface area (Å²) in [5, 5.41) is 27.0. The number of piperidine rings is 1. The van der Waals surface area contributed by atoms with Gasteiger partial charge in [-0.1, -0.05) is 12.1 Å². The standard InChI is InChI=1S/C21H25N5O3/c1-21(2,29)15-3-5-16(6-4-15)23-17-13-19(26-18(24-17)7-10-22-26)25-11-8-14(9-12-25)20(27)28/h3-7,10,13-14,29H,8-9,11-12H2,1-2H3,(H,23,24)(H,27,28). The van der Waals surface area contributed by atoms with Gasteiger partial charge in [-0.05, 0) is 44.4 Å². The first-order valence-corrected chi connectivity index (χ1v) is 9.74. The number of nitrogens with zero attached hydrogens (tertiary/aromatic N) is 4. The normalized spacial score (nSPS) is 15.6. The van der Waals surface area contributed by atoms with Crippen molar-refractivity contribution in [2.75, 3.05) is 23.3 Å². The van der Waals surface area contributed by atoms with Gasteiger partial charge in [0.05, 0.1) is 17.7 Å². The van der Waals surface area contributed by atoms with Gasteiger partial charge in [0.15, 0.2) is 5.65 Å². The quantitative estimate of drug-likeness (QED) is 0.610. The number of hydrogen-bond donors (Lipinski definition) is 3. The third-order valence-electron chi connectivity index (χ3n) is 5.37. The summed E-state index contributed by atoms with van der Waals surface area (Å²) in [6.45, 7) is 4.83. The molecule has 0 atom stereocenters. The molecule has 1 saturated heterocycles. The van der Waals surface area contributed by atoms with Crippen LogP contribution in [0, 0.1) is 5.92 Å². The molecule has 0 bridgehead atoms. The molecule has 29 heavy (non-hydrogen) atoms. The van der Waals surface area contributed by atoms with E-state index in [-0.39, 0.29) is 5.92 Å². The van der Waals surface area contributed by atoms with Gasteiger partial charge >= 0.3 is 5.97 Å². The Balaban J connectivity index is 1.59. The molecule has 0 amide bonds. The molecule has 0 spiro atoms. The predicted molar refractivity (Wildman–Crippen MR) is 111 cm³/mol. The molecule has 8 nitrogen and oxygen atoms in total. The molecule has 1 fully saturated rings. The Labute approximate surface area is 168 Å². The largest absolute Gasteiger partial charge is 0.481 e. The molecule has 3 heterocycles. The minimum atomic E-state index is -0.886. The lowest BCUT2D eigenvalue weighted by Gasteiger charge is -2.32. The van der Waals surface area contributed by atoms with E-state index in [0.29, 0.717) is 31.7 Å². The van der Waals surface area contributed by atoms with E-state index in [0.717, 1.165) is 22.7 Å². The molecule has 0 radical (unpaired) electrons. The second-order valence-corrected chi connectivity index (χ2v) is 7.96. The van der Waals surface area contributed by atoms with E-state index in [1.165, 1.54) is 0 Å². The molecule has 0 aliphatic carbocycles. The van der Waals surface area contributed by atoms with Crippen LogP contribution in [0.3, 0.4) is 0 Å². The summed E-state index contributed by atoms with van der Waals surface area (Å²) in [6, 6.07) is 11.4. The summed E-state index contributed by atoms with van der Waals surface area (Å²) in [6.07, 6.45) is 2.93. The fraction of sp³-hybridized carbons (Fsp3) is 0.381. The highest BCUT2D eigenvalue weighted by Crippen LogP contribution is 2.28. The number of fused-ring (bicyclic) bond motifs is 1. The lowest BCUT2D eigenvalue weighted by atomic mass is 9.97. The molecule has 0 unspecified atom stereocenters. The molecular weight excluding hydrogens is 370 g/mol. The van der Waals surface area contributed by atoms with Crippen LogP contribution in [0.5, 0.6) is 0 Å². The number of aliphatic hydroxyl groups is 1. The smallest absolute Gasteiger partial charge is 0.306 e. The molecule has 1 aliphatic heterocycles. The zero-order valence-electron chi connectivity index (χ0n) is 16.5. The van der Waals surface area contributed by atoms with E-state index >= 15 is 0 Å². The van der Waals surface area contributed by atoms with Crippen molar-refractivity contribution < 1.29 is 15.0 Å². The summed E-state index contributed by atoms with van der Waals surface area (Å²) in [5.41, 5.74) is 1.54. The molecule has 8 heteroatoms. The highest BCUT2D eigenvalue weighted by atomic mass is 16.4. The van der Waals surface area contributed by atoms with Crippen LogP contribution < -0.4 is 10.2 Å². The topological polar surface area (TPSA) is 103 Å². The molecule has 1 aromatic carbocycles. The fourth-order valence-corrected chi connectivity index (χ4v) is 3.65. The van der Waals surface area contributed by atoms with E-state index in [9.17, 15) is 15.0 Å².